The van der Waals surface area contributed by atoms with Crippen LogP contribution in [0.4, 0.5) is 5.82 Å². The molecule has 30 heavy (non-hydrogen) atoms. The van der Waals surface area contributed by atoms with Gasteiger partial charge in [0.2, 0.25) is 0 Å². The zero-order valence-electron chi connectivity index (χ0n) is 16.4. The topological polar surface area (TPSA) is 112 Å². The Labute approximate surface area is 173 Å². The third-order valence-electron chi connectivity index (χ3n) is 5.61. The Hall–Kier alpha value is -3.71. The summed E-state index contributed by atoms with van der Waals surface area (Å²) in [6.07, 6.45) is 0.906. The minimum absolute atomic E-state index is 0.111. The van der Waals surface area contributed by atoms with E-state index in [4.69, 9.17) is 21.5 Å². The van der Waals surface area contributed by atoms with E-state index in [9.17, 15) is 4.79 Å². The molecule has 5 rings (SSSR count). The Bertz CT molecular complexity index is 1240. The van der Waals surface area contributed by atoms with E-state index in [1.807, 2.05) is 60.7 Å². The van der Waals surface area contributed by atoms with Crippen molar-refractivity contribution in [2.45, 2.75) is 12.5 Å². The van der Waals surface area contributed by atoms with E-state index >= 15 is 0 Å². The van der Waals surface area contributed by atoms with Crippen LogP contribution in [0.1, 0.15) is 22.8 Å². The van der Waals surface area contributed by atoms with Crippen LogP contribution >= 0.6 is 0 Å². The van der Waals surface area contributed by atoms with Crippen molar-refractivity contribution in [1.29, 1.82) is 0 Å². The lowest BCUT2D eigenvalue weighted by Crippen LogP contribution is -2.18. The van der Waals surface area contributed by atoms with Crippen molar-refractivity contribution < 1.29 is 4.79 Å². The fourth-order valence-corrected chi connectivity index (χ4v) is 4.05. The van der Waals surface area contributed by atoms with Crippen molar-refractivity contribution in [2.24, 2.45) is 5.73 Å². The Morgan fingerprint density at radius 3 is 2.60 bits per heavy atom. The predicted octanol–water partition coefficient (Wildman–Crippen LogP) is 2.98. The second-order valence-corrected chi connectivity index (χ2v) is 7.53. The summed E-state index contributed by atoms with van der Waals surface area (Å²) >= 11 is 0. The van der Waals surface area contributed by atoms with Crippen molar-refractivity contribution in [1.82, 2.24) is 20.1 Å². The van der Waals surface area contributed by atoms with E-state index in [0.717, 1.165) is 47.2 Å². The summed E-state index contributed by atoms with van der Waals surface area (Å²) in [5, 5.41) is 9.00. The van der Waals surface area contributed by atoms with Gasteiger partial charge in [-0.1, -0.05) is 48.5 Å². The predicted molar refractivity (Wildman–Crippen MR) is 118 cm³/mol. The summed E-state index contributed by atoms with van der Waals surface area (Å²) in [5.74, 6) is -0.261. The lowest BCUT2D eigenvalue weighted by Gasteiger charge is -2.10. The maximum atomic E-state index is 12.2. The third-order valence-corrected chi connectivity index (χ3v) is 5.61. The SMILES string of the molecule is NC(=O)c1c(-c2ccc3ccc(-c4ccccc4)nc3c2)nn(C2CCNC2)c1N. The van der Waals surface area contributed by atoms with Crippen LogP contribution in [0, 0.1) is 0 Å². The van der Waals surface area contributed by atoms with E-state index < -0.39 is 5.91 Å². The standard InChI is InChI=1S/C23H22N6O/c24-22-20(23(25)30)21(28-29(22)17-10-11-26-13-17)16-7-6-15-8-9-18(27-19(15)12-16)14-4-2-1-3-5-14/h1-9,12,17,26H,10-11,13,24H2,(H2,25,30). The number of amides is 1. The normalized spacial score (nSPS) is 16.2. The molecule has 2 aromatic heterocycles. The highest BCUT2D eigenvalue weighted by molar-refractivity contribution is 6.04. The van der Waals surface area contributed by atoms with Gasteiger partial charge in [-0.2, -0.15) is 5.10 Å². The van der Waals surface area contributed by atoms with Gasteiger partial charge in [0, 0.05) is 23.1 Å². The van der Waals surface area contributed by atoms with Gasteiger partial charge < -0.3 is 16.8 Å². The first kappa shape index (κ1) is 18.3. The second kappa shape index (κ2) is 7.27. The van der Waals surface area contributed by atoms with Crippen LogP contribution < -0.4 is 16.8 Å². The molecule has 1 aliphatic rings. The van der Waals surface area contributed by atoms with Crippen LogP contribution in [0.15, 0.2) is 60.7 Å². The highest BCUT2D eigenvalue weighted by atomic mass is 16.1. The van der Waals surface area contributed by atoms with Crippen LogP contribution in [-0.2, 0) is 0 Å². The molecule has 0 bridgehead atoms. The number of pyridine rings is 1. The first-order valence-electron chi connectivity index (χ1n) is 9.97. The number of nitrogen functional groups attached to an aromatic ring is 1. The van der Waals surface area contributed by atoms with Gasteiger partial charge in [-0.05, 0) is 25.1 Å². The van der Waals surface area contributed by atoms with Gasteiger partial charge in [-0.15, -0.1) is 0 Å². The molecule has 0 aliphatic carbocycles. The van der Waals surface area contributed by atoms with Crippen LogP contribution in [0.3, 0.4) is 0 Å². The molecule has 1 unspecified atom stereocenters. The summed E-state index contributed by atoms with van der Waals surface area (Å²) in [4.78, 5) is 17.0. The monoisotopic (exact) mass is 398 g/mol. The number of nitrogens with two attached hydrogens (primary N) is 2. The summed E-state index contributed by atoms with van der Waals surface area (Å²) in [6, 6.07) is 20.0. The lowest BCUT2D eigenvalue weighted by molar-refractivity contribution is 0.100. The van der Waals surface area contributed by atoms with Crippen molar-refractivity contribution >= 4 is 22.6 Å². The minimum atomic E-state index is -0.578. The van der Waals surface area contributed by atoms with Crippen LogP contribution in [0.5, 0.6) is 0 Å². The number of primary amides is 1. The second-order valence-electron chi connectivity index (χ2n) is 7.53. The largest absolute Gasteiger partial charge is 0.383 e. The van der Waals surface area contributed by atoms with Gasteiger partial charge >= 0.3 is 0 Å². The Morgan fingerprint density at radius 1 is 1.07 bits per heavy atom. The zero-order valence-corrected chi connectivity index (χ0v) is 16.4. The van der Waals surface area contributed by atoms with Crippen molar-refractivity contribution in [3.05, 3.63) is 66.2 Å². The van der Waals surface area contributed by atoms with Crippen molar-refractivity contribution in [3.8, 4) is 22.5 Å². The van der Waals surface area contributed by atoms with E-state index in [1.165, 1.54) is 0 Å². The van der Waals surface area contributed by atoms with Crippen molar-refractivity contribution in [3.63, 3.8) is 0 Å². The smallest absolute Gasteiger partial charge is 0.254 e. The molecule has 1 fully saturated rings. The molecule has 1 aliphatic heterocycles. The molecule has 4 aromatic rings. The molecular formula is C23H22N6O. The number of hydrogen-bond donors (Lipinski definition) is 3. The highest BCUT2D eigenvalue weighted by Gasteiger charge is 2.27. The molecule has 0 spiro atoms. The molecular weight excluding hydrogens is 376 g/mol. The summed E-state index contributed by atoms with van der Waals surface area (Å²) in [7, 11) is 0. The molecule has 7 nitrogen and oxygen atoms in total. The average molecular weight is 398 g/mol. The summed E-state index contributed by atoms with van der Waals surface area (Å²) < 4.78 is 1.73. The molecule has 1 saturated heterocycles. The van der Waals surface area contributed by atoms with Crippen LogP contribution in [0.2, 0.25) is 0 Å². The number of carbonyl (C=O) groups excluding carboxylic acids is 1. The van der Waals surface area contributed by atoms with Crippen LogP contribution in [-0.4, -0.2) is 33.8 Å². The fourth-order valence-electron chi connectivity index (χ4n) is 4.05. The number of fused-ring (bicyclic) bond motifs is 1. The quantitative estimate of drug-likeness (QED) is 0.489. The van der Waals surface area contributed by atoms with Crippen molar-refractivity contribution in [2.75, 3.05) is 18.8 Å². The number of nitrogens with zero attached hydrogens (tertiary/aromatic N) is 3. The summed E-state index contributed by atoms with van der Waals surface area (Å²) in [5.41, 5.74) is 16.3. The van der Waals surface area contributed by atoms with Gasteiger partial charge in [-0.3, -0.25) is 4.79 Å². The maximum absolute atomic E-state index is 12.2. The first-order chi connectivity index (χ1) is 14.6. The number of carbonyl (C=O) groups is 1. The molecule has 2 aromatic carbocycles. The fraction of sp³-hybridized carbons (Fsp3) is 0.174. The van der Waals surface area contributed by atoms with Gasteiger partial charge in [0.1, 0.15) is 17.1 Å². The first-order valence-corrected chi connectivity index (χ1v) is 9.97. The molecule has 150 valence electrons. The Morgan fingerprint density at radius 2 is 1.87 bits per heavy atom. The molecule has 1 amide bonds. The number of nitrogens with one attached hydrogen (secondary N) is 1. The molecule has 7 heteroatoms. The minimum Gasteiger partial charge on any atom is -0.383 e. The Kier molecular flexibility index (Phi) is 4.44. The van der Waals surface area contributed by atoms with Crippen LogP contribution in [0.25, 0.3) is 33.4 Å². The highest BCUT2D eigenvalue weighted by Crippen LogP contribution is 2.32. The lowest BCUT2D eigenvalue weighted by atomic mass is 10.0. The van der Waals surface area contributed by atoms with Gasteiger partial charge in [-0.25, -0.2) is 9.67 Å². The number of anilines is 1. The third kappa shape index (κ3) is 3.09. The number of benzene rings is 2. The zero-order chi connectivity index (χ0) is 20.7. The summed E-state index contributed by atoms with van der Waals surface area (Å²) in [6.45, 7) is 1.66. The molecule has 0 radical (unpaired) electrons. The van der Waals surface area contributed by atoms with Gasteiger partial charge in [0.15, 0.2) is 0 Å². The van der Waals surface area contributed by atoms with E-state index in [1.54, 1.807) is 4.68 Å². The Balaban J connectivity index is 1.63. The molecule has 5 N–H and O–H groups in total. The molecule has 1 atom stereocenters. The van der Waals surface area contributed by atoms with Gasteiger partial charge in [0.05, 0.1) is 17.3 Å². The number of aromatic nitrogens is 3. The van der Waals surface area contributed by atoms with Gasteiger partial charge in [0.25, 0.3) is 5.91 Å². The van der Waals surface area contributed by atoms with E-state index in [0.29, 0.717) is 11.5 Å². The average Bonchev–Trinajstić information content (AvgIpc) is 3.41. The van der Waals surface area contributed by atoms with E-state index in [-0.39, 0.29) is 11.6 Å². The number of hydrogen-bond acceptors (Lipinski definition) is 5. The molecule has 3 heterocycles. The van der Waals surface area contributed by atoms with E-state index in [2.05, 4.69) is 5.32 Å². The number of rotatable bonds is 4. The maximum Gasteiger partial charge on any atom is 0.254 e. The molecule has 0 saturated carbocycles.